The predicted octanol–water partition coefficient (Wildman–Crippen LogP) is 1.00. The number of carbonyl (C=O) groups is 2. The standard InChI is InChI=1S/C18H31N3O3/c1-3-20-8-4-5-15(20)13-21-12-14(11-16(21)22)17(23)19-18(2)6-9-24-10-7-18/h14-15H,3-13H2,1-2H3,(H,19,23)/t14-,15-/m0/s1. The van der Waals surface area contributed by atoms with Crippen molar-refractivity contribution in [3.05, 3.63) is 0 Å². The van der Waals surface area contributed by atoms with E-state index >= 15 is 0 Å². The van der Waals surface area contributed by atoms with Crippen molar-refractivity contribution >= 4 is 11.8 Å². The number of amides is 2. The van der Waals surface area contributed by atoms with Crippen molar-refractivity contribution in [3.63, 3.8) is 0 Å². The van der Waals surface area contributed by atoms with Crippen molar-refractivity contribution in [2.45, 2.75) is 57.5 Å². The maximum atomic E-state index is 12.6. The molecule has 3 rings (SSSR count). The largest absolute Gasteiger partial charge is 0.381 e. The van der Waals surface area contributed by atoms with E-state index in [0.29, 0.717) is 32.2 Å². The second-order valence-electron chi connectivity index (χ2n) is 7.79. The quantitative estimate of drug-likeness (QED) is 0.813. The normalized spacial score (nSPS) is 30.8. The number of nitrogens with one attached hydrogen (secondary N) is 1. The van der Waals surface area contributed by atoms with E-state index < -0.39 is 0 Å². The third-order valence-electron chi connectivity index (χ3n) is 5.94. The van der Waals surface area contributed by atoms with Crippen LogP contribution in [0.15, 0.2) is 0 Å². The van der Waals surface area contributed by atoms with Crippen LogP contribution in [0.25, 0.3) is 0 Å². The second-order valence-corrected chi connectivity index (χ2v) is 7.79. The van der Waals surface area contributed by atoms with Crippen LogP contribution in [0.5, 0.6) is 0 Å². The van der Waals surface area contributed by atoms with Crippen LogP contribution in [0.2, 0.25) is 0 Å². The van der Waals surface area contributed by atoms with Crippen molar-refractivity contribution in [1.82, 2.24) is 15.1 Å². The Hall–Kier alpha value is -1.14. The average Bonchev–Trinajstić information content (AvgIpc) is 3.15. The molecule has 0 unspecified atom stereocenters. The maximum Gasteiger partial charge on any atom is 0.225 e. The topological polar surface area (TPSA) is 61.9 Å². The van der Waals surface area contributed by atoms with Gasteiger partial charge in [-0.2, -0.15) is 0 Å². The Morgan fingerprint density at radius 3 is 2.83 bits per heavy atom. The fourth-order valence-corrected chi connectivity index (χ4v) is 4.24. The van der Waals surface area contributed by atoms with Gasteiger partial charge in [0.1, 0.15) is 0 Å². The van der Waals surface area contributed by atoms with Gasteiger partial charge in [0.2, 0.25) is 11.8 Å². The molecule has 0 radical (unpaired) electrons. The molecule has 3 aliphatic heterocycles. The van der Waals surface area contributed by atoms with E-state index in [9.17, 15) is 9.59 Å². The van der Waals surface area contributed by atoms with Crippen LogP contribution < -0.4 is 5.32 Å². The number of ether oxygens (including phenoxy) is 1. The van der Waals surface area contributed by atoms with Gasteiger partial charge in [0.25, 0.3) is 0 Å². The summed E-state index contributed by atoms with van der Waals surface area (Å²) in [5.41, 5.74) is -0.184. The SMILES string of the molecule is CCN1CCC[C@H]1CN1C[C@@H](C(=O)NC2(C)CCOCC2)CC1=O. The molecule has 24 heavy (non-hydrogen) atoms. The summed E-state index contributed by atoms with van der Waals surface area (Å²) in [7, 11) is 0. The lowest BCUT2D eigenvalue weighted by Crippen LogP contribution is -2.51. The van der Waals surface area contributed by atoms with Gasteiger partial charge in [-0.25, -0.2) is 0 Å². The predicted molar refractivity (Wildman–Crippen MR) is 91.6 cm³/mol. The molecular weight excluding hydrogens is 306 g/mol. The lowest BCUT2D eigenvalue weighted by atomic mass is 9.91. The zero-order chi connectivity index (χ0) is 17.2. The third-order valence-corrected chi connectivity index (χ3v) is 5.94. The Morgan fingerprint density at radius 2 is 2.12 bits per heavy atom. The highest BCUT2D eigenvalue weighted by Gasteiger charge is 2.39. The van der Waals surface area contributed by atoms with E-state index in [1.165, 1.54) is 6.42 Å². The lowest BCUT2D eigenvalue weighted by Gasteiger charge is -2.35. The summed E-state index contributed by atoms with van der Waals surface area (Å²) in [6.45, 7) is 9.17. The first kappa shape index (κ1) is 17.7. The molecule has 0 aromatic heterocycles. The molecule has 0 saturated carbocycles. The van der Waals surface area contributed by atoms with E-state index in [0.717, 1.165) is 38.9 Å². The van der Waals surface area contributed by atoms with Crippen LogP contribution in [-0.2, 0) is 14.3 Å². The number of hydrogen-bond acceptors (Lipinski definition) is 4. The molecule has 0 spiro atoms. The number of hydrogen-bond donors (Lipinski definition) is 1. The van der Waals surface area contributed by atoms with Gasteiger partial charge in [-0.15, -0.1) is 0 Å². The molecule has 3 fully saturated rings. The van der Waals surface area contributed by atoms with E-state index in [-0.39, 0.29) is 23.3 Å². The number of carbonyl (C=O) groups excluding carboxylic acids is 2. The molecular formula is C18H31N3O3. The summed E-state index contributed by atoms with van der Waals surface area (Å²) in [6, 6.07) is 0.466. The zero-order valence-corrected chi connectivity index (χ0v) is 15.1. The highest BCUT2D eigenvalue weighted by Crippen LogP contribution is 2.25. The molecule has 0 bridgehead atoms. The van der Waals surface area contributed by atoms with Gasteiger partial charge in [-0.1, -0.05) is 6.92 Å². The van der Waals surface area contributed by atoms with Crippen LogP contribution in [0.3, 0.4) is 0 Å². The Morgan fingerprint density at radius 1 is 1.38 bits per heavy atom. The third kappa shape index (κ3) is 3.91. The van der Waals surface area contributed by atoms with E-state index in [2.05, 4.69) is 24.1 Å². The molecule has 2 atom stereocenters. The van der Waals surface area contributed by atoms with Crippen LogP contribution in [-0.4, -0.2) is 72.6 Å². The highest BCUT2D eigenvalue weighted by molar-refractivity contribution is 5.89. The Bertz CT molecular complexity index is 476. The van der Waals surface area contributed by atoms with Gasteiger partial charge in [0.05, 0.1) is 5.92 Å². The van der Waals surface area contributed by atoms with Gasteiger partial charge >= 0.3 is 0 Å². The molecule has 1 N–H and O–H groups in total. The molecule has 6 nitrogen and oxygen atoms in total. The number of likely N-dealkylation sites (tertiary alicyclic amines) is 2. The number of nitrogens with zero attached hydrogens (tertiary/aromatic N) is 2. The minimum Gasteiger partial charge on any atom is -0.381 e. The fraction of sp³-hybridized carbons (Fsp3) is 0.889. The van der Waals surface area contributed by atoms with E-state index in [1.54, 1.807) is 0 Å². The molecule has 0 aliphatic carbocycles. The molecule has 3 heterocycles. The highest BCUT2D eigenvalue weighted by atomic mass is 16.5. The van der Waals surface area contributed by atoms with Crippen LogP contribution >= 0.6 is 0 Å². The van der Waals surface area contributed by atoms with Gasteiger partial charge in [-0.05, 0) is 45.7 Å². The van der Waals surface area contributed by atoms with Gasteiger partial charge in [-0.3, -0.25) is 14.5 Å². The molecule has 2 amide bonds. The molecule has 6 heteroatoms. The smallest absolute Gasteiger partial charge is 0.225 e. The van der Waals surface area contributed by atoms with Crippen molar-refractivity contribution in [2.24, 2.45) is 5.92 Å². The van der Waals surface area contributed by atoms with Gasteiger partial charge in [0, 0.05) is 44.3 Å². The summed E-state index contributed by atoms with van der Waals surface area (Å²) in [5, 5.41) is 3.18. The van der Waals surface area contributed by atoms with Crippen molar-refractivity contribution < 1.29 is 14.3 Å². The lowest BCUT2D eigenvalue weighted by molar-refractivity contribution is -0.130. The van der Waals surface area contributed by atoms with E-state index in [1.807, 2.05) is 4.90 Å². The second kappa shape index (κ2) is 7.40. The van der Waals surface area contributed by atoms with Crippen LogP contribution in [0.1, 0.15) is 46.0 Å². The Kier molecular flexibility index (Phi) is 5.45. The fourth-order valence-electron chi connectivity index (χ4n) is 4.24. The first-order chi connectivity index (χ1) is 11.5. The monoisotopic (exact) mass is 337 g/mol. The molecule has 0 aromatic carbocycles. The van der Waals surface area contributed by atoms with Gasteiger partial charge in [0.15, 0.2) is 0 Å². The van der Waals surface area contributed by atoms with Crippen molar-refractivity contribution in [1.29, 1.82) is 0 Å². The maximum absolute atomic E-state index is 12.6. The summed E-state index contributed by atoms with van der Waals surface area (Å²) in [5.74, 6) is -0.0297. The van der Waals surface area contributed by atoms with Crippen molar-refractivity contribution in [2.75, 3.05) is 39.4 Å². The molecule has 3 saturated heterocycles. The minimum absolute atomic E-state index is 0.0361. The molecule has 0 aromatic rings. The van der Waals surface area contributed by atoms with Gasteiger partial charge < -0.3 is 15.0 Å². The first-order valence-electron chi connectivity index (χ1n) is 9.42. The van der Waals surface area contributed by atoms with Crippen molar-refractivity contribution in [3.8, 4) is 0 Å². The molecule has 3 aliphatic rings. The van der Waals surface area contributed by atoms with Crippen LogP contribution in [0, 0.1) is 5.92 Å². The Balaban J connectivity index is 1.53. The summed E-state index contributed by atoms with van der Waals surface area (Å²) in [4.78, 5) is 29.3. The zero-order valence-electron chi connectivity index (χ0n) is 15.1. The van der Waals surface area contributed by atoms with E-state index in [4.69, 9.17) is 4.74 Å². The minimum atomic E-state index is -0.200. The average molecular weight is 337 g/mol. The number of rotatable bonds is 5. The summed E-state index contributed by atoms with van der Waals surface area (Å²) < 4.78 is 5.38. The summed E-state index contributed by atoms with van der Waals surface area (Å²) >= 11 is 0. The molecule has 136 valence electrons. The summed E-state index contributed by atoms with van der Waals surface area (Å²) in [6.07, 6.45) is 4.42. The number of likely N-dealkylation sites (N-methyl/N-ethyl adjacent to an activating group) is 1. The Labute approximate surface area is 144 Å². The first-order valence-corrected chi connectivity index (χ1v) is 9.42. The van der Waals surface area contributed by atoms with Crippen LogP contribution in [0.4, 0.5) is 0 Å².